The quantitative estimate of drug-likeness (QED) is 0.738. The zero-order valence-electron chi connectivity index (χ0n) is 10.3. The maximum Gasteiger partial charge on any atom is 0.147 e. The largest absolute Gasteiger partial charge is 0.298 e. The van der Waals surface area contributed by atoms with Gasteiger partial charge in [0, 0.05) is 16.2 Å². The van der Waals surface area contributed by atoms with Gasteiger partial charge in [-0.2, -0.15) is 11.8 Å². The van der Waals surface area contributed by atoms with Crippen molar-refractivity contribution < 1.29 is 4.79 Å². The van der Waals surface area contributed by atoms with Crippen molar-refractivity contribution in [3.05, 3.63) is 21.9 Å². The van der Waals surface area contributed by atoms with E-state index in [-0.39, 0.29) is 0 Å². The standard InChI is InChI=1S/C13H20OS2/c1-4-12-5-6-13(16-12)7-11(14)9-15-8-10(2)3/h5-6,10H,4,7-9H2,1-3H3. The van der Waals surface area contributed by atoms with Crippen molar-refractivity contribution >= 4 is 28.9 Å². The Morgan fingerprint density at radius 3 is 2.62 bits per heavy atom. The molecular weight excluding hydrogens is 236 g/mol. The molecule has 1 rings (SSSR count). The van der Waals surface area contributed by atoms with Gasteiger partial charge in [-0.25, -0.2) is 0 Å². The second-order valence-electron chi connectivity index (χ2n) is 4.35. The van der Waals surface area contributed by atoms with E-state index in [1.165, 1.54) is 9.75 Å². The maximum atomic E-state index is 11.7. The number of rotatable bonds is 7. The lowest BCUT2D eigenvalue weighted by Gasteiger charge is -2.03. The van der Waals surface area contributed by atoms with E-state index in [0.29, 0.717) is 23.9 Å². The molecule has 0 spiro atoms. The van der Waals surface area contributed by atoms with Crippen LogP contribution in [-0.2, 0) is 17.6 Å². The number of hydrogen-bond donors (Lipinski definition) is 0. The molecule has 90 valence electrons. The smallest absolute Gasteiger partial charge is 0.147 e. The fraction of sp³-hybridized carbons (Fsp3) is 0.615. The minimum atomic E-state index is 0.357. The van der Waals surface area contributed by atoms with Gasteiger partial charge in [-0.1, -0.05) is 20.8 Å². The Morgan fingerprint density at radius 1 is 1.38 bits per heavy atom. The molecule has 0 atom stereocenters. The molecule has 0 bridgehead atoms. The van der Waals surface area contributed by atoms with Crippen LogP contribution in [0.5, 0.6) is 0 Å². The van der Waals surface area contributed by atoms with Gasteiger partial charge in [0.1, 0.15) is 5.78 Å². The molecule has 1 nitrogen and oxygen atoms in total. The Kier molecular flexibility index (Phi) is 6.14. The highest BCUT2D eigenvalue weighted by atomic mass is 32.2. The van der Waals surface area contributed by atoms with E-state index in [2.05, 4.69) is 32.9 Å². The normalized spacial score (nSPS) is 11.0. The van der Waals surface area contributed by atoms with E-state index in [1.54, 1.807) is 23.1 Å². The molecular formula is C13H20OS2. The number of Topliss-reactive ketones (excluding diaryl/α,β-unsaturated/α-hetero) is 1. The van der Waals surface area contributed by atoms with Gasteiger partial charge in [0.05, 0.1) is 5.75 Å². The molecule has 0 aliphatic carbocycles. The van der Waals surface area contributed by atoms with E-state index in [9.17, 15) is 4.79 Å². The van der Waals surface area contributed by atoms with Crippen LogP contribution in [0, 0.1) is 5.92 Å². The van der Waals surface area contributed by atoms with E-state index in [4.69, 9.17) is 0 Å². The molecule has 0 N–H and O–H groups in total. The average Bonchev–Trinajstić information content (AvgIpc) is 2.65. The summed E-state index contributed by atoms with van der Waals surface area (Å²) in [6.45, 7) is 6.52. The molecule has 0 aliphatic heterocycles. The zero-order valence-corrected chi connectivity index (χ0v) is 11.9. The SMILES string of the molecule is CCc1ccc(CC(=O)CSCC(C)C)s1. The number of hydrogen-bond acceptors (Lipinski definition) is 3. The average molecular weight is 256 g/mol. The molecule has 1 heterocycles. The van der Waals surface area contributed by atoms with Crippen molar-refractivity contribution in [2.24, 2.45) is 5.92 Å². The molecule has 3 heteroatoms. The highest BCUT2D eigenvalue weighted by Crippen LogP contribution is 2.18. The van der Waals surface area contributed by atoms with Gasteiger partial charge in [0.15, 0.2) is 0 Å². The number of aryl methyl sites for hydroxylation is 1. The van der Waals surface area contributed by atoms with Gasteiger partial charge in [0.2, 0.25) is 0 Å². The second-order valence-corrected chi connectivity index (χ2v) is 6.63. The van der Waals surface area contributed by atoms with Crippen LogP contribution in [-0.4, -0.2) is 17.3 Å². The predicted octanol–water partition coefficient (Wildman–Crippen LogP) is 3.81. The minimum Gasteiger partial charge on any atom is -0.298 e. The molecule has 0 fully saturated rings. The van der Waals surface area contributed by atoms with Gasteiger partial charge in [-0.15, -0.1) is 11.3 Å². The molecule has 1 aromatic heterocycles. The summed E-state index contributed by atoms with van der Waals surface area (Å²) in [5, 5.41) is 0. The predicted molar refractivity (Wildman–Crippen MR) is 74.6 cm³/mol. The molecule has 0 radical (unpaired) electrons. The molecule has 16 heavy (non-hydrogen) atoms. The highest BCUT2D eigenvalue weighted by Gasteiger charge is 2.06. The van der Waals surface area contributed by atoms with Gasteiger partial charge >= 0.3 is 0 Å². The first-order valence-electron chi connectivity index (χ1n) is 5.78. The number of ketones is 1. The molecule has 1 aromatic rings. The van der Waals surface area contributed by atoms with Crippen molar-refractivity contribution in [3.63, 3.8) is 0 Å². The van der Waals surface area contributed by atoms with Crippen molar-refractivity contribution in [1.82, 2.24) is 0 Å². The second kappa shape index (κ2) is 7.13. The molecule has 0 unspecified atom stereocenters. The minimum absolute atomic E-state index is 0.357. The summed E-state index contributed by atoms with van der Waals surface area (Å²) in [5.41, 5.74) is 0. The molecule has 0 aromatic carbocycles. The van der Waals surface area contributed by atoms with Crippen LogP contribution in [0.15, 0.2) is 12.1 Å². The van der Waals surface area contributed by atoms with Crippen molar-refractivity contribution in [3.8, 4) is 0 Å². The molecule has 0 amide bonds. The third-order valence-corrected chi connectivity index (χ3v) is 4.81. The lowest BCUT2D eigenvalue weighted by molar-refractivity contribution is -0.115. The van der Waals surface area contributed by atoms with Gasteiger partial charge < -0.3 is 0 Å². The van der Waals surface area contributed by atoms with Crippen LogP contribution < -0.4 is 0 Å². The fourth-order valence-corrected chi connectivity index (χ4v) is 3.27. The van der Waals surface area contributed by atoms with Crippen LogP contribution in [0.3, 0.4) is 0 Å². The van der Waals surface area contributed by atoms with E-state index >= 15 is 0 Å². The summed E-state index contributed by atoms with van der Waals surface area (Å²) in [6, 6.07) is 4.23. The molecule has 0 saturated carbocycles. The van der Waals surface area contributed by atoms with Crippen LogP contribution >= 0.6 is 23.1 Å². The third kappa shape index (κ3) is 5.17. The Bertz CT molecular complexity index is 328. The molecule has 0 saturated heterocycles. The Labute approximate surface area is 107 Å². The maximum absolute atomic E-state index is 11.7. The van der Waals surface area contributed by atoms with Crippen molar-refractivity contribution in [1.29, 1.82) is 0 Å². The summed E-state index contributed by atoms with van der Waals surface area (Å²) < 4.78 is 0. The van der Waals surface area contributed by atoms with Crippen LogP contribution in [0.2, 0.25) is 0 Å². The van der Waals surface area contributed by atoms with Gasteiger partial charge in [-0.05, 0) is 30.2 Å². The lowest BCUT2D eigenvalue weighted by Crippen LogP contribution is -2.06. The monoisotopic (exact) mass is 256 g/mol. The number of carbonyl (C=O) groups is 1. The third-order valence-electron chi connectivity index (χ3n) is 2.15. The first-order valence-corrected chi connectivity index (χ1v) is 7.76. The Balaban J connectivity index is 2.28. The lowest BCUT2D eigenvalue weighted by atomic mass is 10.2. The van der Waals surface area contributed by atoms with E-state index in [0.717, 1.165) is 12.2 Å². The van der Waals surface area contributed by atoms with Crippen molar-refractivity contribution in [2.75, 3.05) is 11.5 Å². The Morgan fingerprint density at radius 2 is 2.06 bits per heavy atom. The summed E-state index contributed by atoms with van der Waals surface area (Å²) in [5.74, 6) is 2.77. The summed E-state index contributed by atoms with van der Waals surface area (Å²) in [6.07, 6.45) is 1.69. The van der Waals surface area contributed by atoms with Gasteiger partial charge in [0.25, 0.3) is 0 Å². The van der Waals surface area contributed by atoms with E-state index in [1.807, 2.05) is 0 Å². The van der Waals surface area contributed by atoms with E-state index < -0.39 is 0 Å². The summed E-state index contributed by atoms with van der Waals surface area (Å²) in [4.78, 5) is 14.3. The molecule has 0 aliphatic rings. The van der Waals surface area contributed by atoms with Crippen LogP contribution in [0.1, 0.15) is 30.5 Å². The van der Waals surface area contributed by atoms with Gasteiger partial charge in [-0.3, -0.25) is 4.79 Å². The number of carbonyl (C=O) groups excluding carboxylic acids is 1. The van der Waals surface area contributed by atoms with Crippen molar-refractivity contribution in [2.45, 2.75) is 33.6 Å². The number of thiophene rings is 1. The number of thioether (sulfide) groups is 1. The van der Waals surface area contributed by atoms with Crippen LogP contribution in [0.4, 0.5) is 0 Å². The summed E-state index contributed by atoms with van der Waals surface area (Å²) in [7, 11) is 0. The Hall–Kier alpha value is -0.280. The summed E-state index contributed by atoms with van der Waals surface area (Å²) >= 11 is 3.53. The zero-order chi connectivity index (χ0) is 12.0. The first kappa shape index (κ1) is 13.8. The topological polar surface area (TPSA) is 17.1 Å². The highest BCUT2D eigenvalue weighted by molar-refractivity contribution is 7.99. The first-order chi connectivity index (χ1) is 7.61. The van der Waals surface area contributed by atoms with Crippen LogP contribution in [0.25, 0.3) is 0 Å². The fourth-order valence-electron chi connectivity index (χ4n) is 1.36.